The lowest BCUT2D eigenvalue weighted by molar-refractivity contribution is 0.0950. The van der Waals surface area contributed by atoms with Crippen molar-refractivity contribution in [3.8, 4) is 5.69 Å². The van der Waals surface area contributed by atoms with Gasteiger partial charge < -0.3 is 5.32 Å². The summed E-state index contributed by atoms with van der Waals surface area (Å²) in [5.74, 6) is 1.17. The Morgan fingerprint density at radius 1 is 1.00 bits per heavy atom. The number of amides is 1. The van der Waals surface area contributed by atoms with E-state index in [-0.39, 0.29) is 5.91 Å². The number of nitrogens with one attached hydrogen (secondary N) is 1. The molecule has 2 heterocycles. The van der Waals surface area contributed by atoms with Crippen LogP contribution in [0.2, 0.25) is 0 Å². The van der Waals surface area contributed by atoms with Crippen LogP contribution in [-0.2, 0) is 12.3 Å². The smallest absolute Gasteiger partial charge is 0.282 e. The molecule has 0 aliphatic heterocycles. The Balaban J connectivity index is 1.39. The lowest BCUT2D eigenvalue weighted by atomic mass is 10.1. The van der Waals surface area contributed by atoms with Gasteiger partial charge in [-0.15, -0.1) is 20.4 Å². The van der Waals surface area contributed by atoms with Gasteiger partial charge in [-0.3, -0.25) is 9.36 Å². The van der Waals surface area contributed by atoms with E-state index in [4.69, 9.17) is 0 Å². The molecular formula is C22H22N6OS2. The maximum atomic E-state index is 12.4. The molecule has 0 atom stereocenters. The number of aromatic nitrogens is 5. The van der Waals surface area contributed by atoms with Gasteiger partial charge >= 0.3 is 0 Å². The van der Waals surface area contributed by atoms with Crippen molar-refractivity contribution in [2.24, 2.45) is 0 Å². The highest BCUT2D eigenvalue weighted by atomic mass is 32.2. The number of hydrogen-bond donors (Lipinski definition) is 1. The van der Waals surface area contributed by atoms with Crippen molar-refractivity contribution in [1.82, 2.24) is 30.3 Å². The third-order valence-electron chi connectivity index (χ3n) is 4.71. The Kier molecular flexibility index (Phi) is 6.43. The molecule has 0 saturated carbocycles. The Bertz CT molecular complexity index is 1200. The SMILES string of the molecule is Cc1ccc(CNC(=O)c2nnc(CSc3nnc(C)n3-c3ccccc3C)s2)cc1. The molecule has 0 fully saturated rings. The molecule has 0 aliphatic carbocycles. The maximum absolute atomic E-state index is 12.4. The summed E-state index contributed by atoms with van der Waals surface area (Å²) in [4.78, 5) is 12.4. The molecule has 0 radical (unpaired) electrons. The summed E-state index contributed by atoms with van der Waals surface area (Å²) in [6, 6.07) is 16.2. The highest BCUT2D eigenvalue weighted by Gasteiger charge is 2.16. The first-order valence-corrected chi connectivity index (χ1v) is 11.6. The monoisotopic (exact) mass is 450 g/mol. The number of hydrogen-bond acceptors (Lipinski definition) is 7. The van der Waals surface area contributed by atoms with Crippen LogP contribution in [0.5, 0.6) is 0 Å². The highest BCUT2D eigenvalue weighted by Crippen LogP contribution is 2.27. The summed E-state index contributed by atoms with van der Waals surface area (Å²) in [5, 5.41) is 21.6. The summed E-state index contributed by atoms with van der Waals surface area (Å²) < 4.78 is 2.04. The van der Waals surface area contributed by atoms with Crippen LogP contribution in [0.3, 0.4) is 0 Å². The third-order valence-corrected chi connectivity index (χ3v) is 6.76. The fraction of sp³-hybridized carbons (Fsp3) is 0.227. The van der Waals surface area contributed by atoms with Crippen molar-refractivity contribution in [1.29, 1.82) is 0 Å². The zero-order valence-electron chi connectivity index (χ0n) is 17.5. The van der Waals surface area contributed by atoms with Crippen LogP contribution < -0.4 is 5.32 Å². The Hall–Kier alpha value is -3.04. The molecule has 0 spiro atoms. The minimum absolute atomic E-state index is 0.215. The zero-order valence-corrected chi connectivity index (χ0v) is 19.1. The van der Waals surface area contributed by atoms with Gasteiger partial charge in [0.15, 0.2) is 5.16 Å². The molecule has 0 bridgehead atoms. The van der Waals surface area contributed by atoms with Crippen molar-refractivity contribution in [3.05, 3.63) is 81.1 Å². The minimum Gasteiger partial charge on any atom is -0.346 e. The average molecular weight is 451 g/mol. The number of nitrogens with zero attached hydrogens (tertiary/aromatic N) is 5. The second kappa shape index (κ2) is 9.40. The molecule has 2 aromatic heterocycles. The first kappa shape index (κ1) is 21.2. The van der Waals surface area contributed by atoms with Crippen LogP contribution in [0, 0.1) is 20.8 Å². The summed E-state index contributed by atoms with van der Waals surface area (Å²) in [6.45, 7) is 6.50. The lowest BCUT2D eigenvalue weighted by Crippen LogP contribution is -2.22. The number of aryl methyl sites for hydroxylation is 3. The Morgan fingerprint density at radius 2 is 1.77 bits per heavy atom. The Morgan fingerprint density at radius 3 is 2.55 bits per heavy atom. The fourth-order valence-electron chi connectivity index (χ4n) is 3.02. The van der Waals surface area contributed by atoms with E-state index in [2.05, 4.69) is 44.8 Å². The molecule has 9 heteroatoms. The summed E-state index contributed by atoms with van der Waals surface area (Å²) >= 11 is 2.82. The number of carbonyl (C=O) groups is 1. The maximum Gasteiger partial charge on any atom is 0.282 e. The van der Waals surface area contributed by atoms with Gasteiger partial charge in [-0.1, -0.05) is 71.1 Å². The molecule has 158 valence electrons. The third kappa shape index (κ3) is 5.00. The first-order valence-electron chi connectivity index (χ1n) is 9.78. The summed E-state index contributed by atoms with van der Waals surface area (Å²) in [6.07, 6.45) is 0. The van der Waals surface area contributed by atoms with Crippen molar-refractivity contribution in [2.75, 3.05) is 0 Å². The minimum atomic E-state index is -0.215. The van der Waals surface area contributed by atoms with E-state index < -0.39 is 0 Å². The van der Waals surface area contributed by atoms with Gasteiger partial charge in [0, 0.05) is 6.54 Å². The van der Waals surface area contributed by atoms with E-state index in [9.17, 15) is 4.79 Å². The van der Waals surface area contributed by atoms with Crippen LogP contribution in [-0.4, -0.2) is 30.9 Å². The van der Waals surface area contributed by atoms with Gasteiger partial charge in [0.25, 0.3) is 5.91 Å². The molecule has 4 rings (SSSR count). The van der Waals surface area contributed by atoms with Crippen molar-refractivity contribution in [2.45, 2.75) is 38.2 Å². The van der Waals surface area contributed by atoms with E-state index >= 15 is 0 Å². The molecule has 1 N–H and O–H groups in total. The standard InChI is InChI=1S/C22H22N6OS2/c1-14-8-10-17(11-9-14)12-23-20(29)21-26-25-19(31-21)13-30-22-27-24-16(3)28(22)18-7-5-4-6-15(18)2/h4-11H,12-13H2,1-3H3,(H,23,29). The highest BCUT2D eigenvalue weighted by molar-refractivity contribution is 7.98. The van der Waals surface area contributed by atoms with Crippen LogP contribution in [0.15, 0.2) is 53.7 Å². The van der Waals surface area contributed by atoms with Crippen LogP contribution in [0.25, 0.3) is 5.69 Å². The quantitative estimate of drug-likeness (QED) is 0.423. The van der Waals surface area contributed by atoms with Crippen molar-refractivity contribution >= 4 is 29.0 Å². The number of benzene rings is 2. The molecule has 0 unspecified atom stereocenters. The van der Waals surface area contributed by atoms with E-state index in [1.807, 2.05) is 54.8 Å². The van der Waals surface area contributed by atoms with Crippen molar-refractivity contribution in [3.63, 3.8) is 0 Å². The zero-order chi connectivity index (χ0) is 21.8. The number of thioether (sulfide) groups is 1. The molecule has 31 heavy (non-hydrogen) atoms. The molecule has 1 amide bonds. The molecule has 7 nitrogen and oxygen atoms in total. The Labute approximate surface area is 189 Å². The van der Waals surface area contributed by atoms with Crippen LogP contribution >= 0.6 is 23.1 Å². The molecule has 2 aromatic carbocycles. The van der Waals surface area contributed by atoms with Gasteiger partial charge in [0.2, 0.25) is 5.01 Å². The second-order valence-electron chi connectivity index (χ2n) is 7.11. The molecule has 0 saturated heterocycles. The van der Waals surface area contributed by atoms with Gasteiger partial charge in [0.1, 0.15) is 10.8 Å². The van der Waals surface area contributed by atoms with E-state index in [0.717, 1.165) is 32.8 Å². The second-order valence-corrected chi connectivity index (χ2v) is 9.11. The summed E-state index contributed by atoms with van der Waals surface area (Å²) in [5.41, 5.74) is 4.44. The van der Waals surface area contributed by atoms with E-state index in [1.165, 1.54) is 28.7 Å². The topological polar surface area (TPSA) is 85.6 Å². The van der Waals surface area contributed by atoms with Gasteiger partial charge in [-0.2, -0.15) is 0 Å². The van der Waals surface area contributed by atoms with Crippen LogP contribution in [0.4, 0.5) is 0 Å². The largest absolute Gasteiger partial charge is 0.346 e. The number of rotatable bonds is 7. The predicted molar refractivity (Wildman–Crippen MR) is 123 cm³/mol. The molecular weight excluding hydrogens is 428 g/mol. The van der Waals surface area contributed by atoms with E-state index in [0.29, 0.717) is 17.3 Å². The van der Waals surface area contributed by atoms with Crippen LogP contribution in [0.1, 0.15) is 37.3 Å². The van der Waals surface area contributed by atoms with Crippen molar-refractivity contribution < 1.29 is 4.79 Å². The van der Waals surface area contributed by atoms with E-state index in [1.54, 1.807) is 0 Å². The molecule has 4 aromatic rings. The van der Waals surface area contributed by atoms with Gasteiger partial charge in [-0.25, -0.2) is 0 Å². The normalized spacial score (nSPS) is 10.9. The lowest BCUT2D eigenvalue weighted by Gasteiger charge is -2.10. The number of carbonyl (C=O) groups excluding carboxylic acids is 1. The average Bonchev–Trinajstić information content (AvgIpc) is 3.39. The first-order chi connectivity index (χ1) is 15.0. The fourth-order valence-corrected chi connectivity index (χ4v) is 4.75. The number of para-hydroxylation sites is 1. The molecule has 0 aliphatic rings. The summed E-state index contributed by atoms with van der Waals surface area (Å²) in [7, 11) is 0. The predicted octanol–water partition coefficient (Wildman–Crippen LogP) is 4.27. The van der Waals surface area contributed by atoms with Gasteiger partial charge in [-0.05, 0) is 38.0 Å². The van der Waals surface area contributed by atoms with Gasteiger partial charge in [0.05, 0.1) is 11.4 Å².